The summed E-state index contributed by atoms with van der Waals surface area (Å²) in [6.07, 6.45) is 1.39. The number of furan rings is 1. The zero-order valence-corrected chi connectivity index (χ0v) is 17.0. The van der Waals surface area contributed by atoms with Crippen molar-refractivity contribution in [3.63, 3.8) is 0 Å². The van der Waals surface area contributed by atoms with Crippen LogP contribution in [0, 0.1) is 0 Å². The lowest BCUT2D eigenvalue weighted by Crippen LogP contribution is -2.17. The average Bonchev–Trinajstić information content (AvgIpc) is 3.16. The maximum atomic E-state index is 12.0. The van der Waals surface area contributed by atoms with Crippen LogP contribution >= 0.6 is 27.5 Å². The number of hydrogen-bond acceptors (Lipinski definition) is 5. The molecule has 142 valence electrons. The number of hydrazone groups is 1. The van der Waals surface area contributed by atoms with Gasteiger partial charge in [-0.15, -0.1) is 0 Å². The summed E-state index contributed by atoms with van der Waals surface area (Å²) in [7, 11) is 1.29. The molecule has 2 aromatic carbocycles. The minimum absolute atomic E-state index is 0.261. The number of benzene rings is 2. The number of esters is 1. The van der Waals surface area contributed by atoms with Crippen LogP contribution in [0.25, 0.3) is 11.3 Å². The molecule has 3 aromatic rings. The second-order valence-electron chi connectivity index (χ2n) is 5.60. The predicted molar refractivity (Wildman–Crippen MR) is 110 cm³/mol. The van der Waals surface area contributed by atoms with Crippen LogP contribution in [0.3, 0.4) is 0 Å². The van der Waals surface area contributed by atoms with Crippen LogP contribution in [-0.4, -0.2) is 25.2 Å². The minimum Gasteiger partial charge on any atom is -0.465 e. The minimum atomic E-state index is -0.509. The van der Waals surface area contributed by atoms with Gasteiger partial charge in [-0.2, -0.15) is 5.10 Å². The fourth-order valence-corrected chi connectivity index (χ4v) is 3.03. The van der Waals surface area contributed by atoms with E-state index in [9.17, 15) is 9.59 Å². The smallest absolute Gasteiger partial charge is 0.339 e. The molecule has 0 radical (unpaired) electrons. The Labute approximate surface area is 174 Å². The number of carbonyl (C=O) groups is 2. The predicted octanol–water partition coefficient (Wildman–Crippen LogP) is 4.91. The topological polar surface area (TPSA) is 80.9 Å². The van der Waals surface area contributed by atoms with Gasteiger partial charge in [-0.25, -0.2) is 10.2 Å². The number of halogens is 2. The standard InChI is InChI=1S/C20H14BrClN2O4/c1-27-20(26)16-7-5-12(10-17(16)22)18-8-6-15(28-18)11-23-24-19(25)13-3-2-4-14(21)9-13/h2-11H,1H3,(H,24,25)/b23-11-. The van der Waals surface area contributed by atoms with Gasteiger partial charge in [-0.1, -0.05) is 39.7 Å². The van der Waals surface area contributed by atoms with E-state index < -0.39 is 5.97 Å². The third-order valence-electron chi connectivity index (χ3n) is 3.73. The number of carbonyl (C=O) groups excluding carboxylic acids is 2. The highest BCUT2D eigenvalue weighted by atomic mass is 79.9. The average molecular weight is 462 g/mol. The van der Waals surface area contributed by atoms with Crippen molar-refractivity contribution < 1.29 is 18.7 Å². The first-order chi connectivity index (χ1) is 13.5. The van der Waals surface area contributed by atoms with E-state index in [-0.39, 0.29) is 16.5 Å². The largest absolute Gasteiger partial charge is 0.465 e. The van der Waals surface area contributed by atoms with E-state index in [2.05, 4.69) is 31.2 Å². The Morgan fingerprint density at radius 1 is 1.18 bits per heavy atom. The summed E-state index contributed by atoms with van der Waals surface area (Å²) in [5.74, 6) is 0.135. The fraction of sp³-hybridized carbons (Fsp3) is 0.0500. The zero-order chi connectivity index (χ0) is 20.1. The third-order valence-corrected chi connectivity index (χ3v) is 4.54. The fourth-order valence-electron chi connectivity index (χ4n) is 2.37. The van der Waals surface area contributed by atoms with Gasteiger partial charge in [0.15, 0.2) is 0 Å². The summed E-state index contributed by atoms with van der Waals surface area (Å²) in [6.45, 7) is 0. The van der Waals surface area contributed by atoms with E-state index in [1.807, 2.05) is 6.07 Å². The molecule has 28 heavy (non-hydrogen) atoms. The lowest BCUT2D eigenvalue weighted by molar-refractivity contribution is 0.0600. The molecule has 0 saturated heterocycles. The SMILES string of the molecule is COC(=O)c1ccc(-c2ccc(/C=N\NC(=O)c3cccc(Br)c3)o2)cc1Cl. The first kappa shape index (κ1) is 19.9. The van der Waals surface area contributed by atoms with Crippen molar-refractivity contribution in [2.24, 2.45) is 5.10 Å². The van der Waals surface area contributed by atoms with Gasteiger partial charge >= 0.3 is 5.97 Å². The van der Waals surface area contributed by atoms with Gasteiger partial charge in [0.1, 0.15) is 11.5 Å². The Morgan fingerprint density at radius 2 is 2.00 bits per heavy atom. The molecule has 0 fully saturated rings. The number of methoxy groups -OCH3 is 1. The van der Waals surface area contributed by atoms with Crippen LogP contribution in [0.4, 0.5) is 0 Å². The number of rotatable bonds is 5. The Hall–Kier alpha value is -2.90. The molecule has 1 aromatic heterocycles. The summed E-state index contributed by atoms with van der Waals surface area (Å²) in [4.78, 5) is 23.6. The van der Waals surface area contributed by atoms with Crippen LogP contribution in [0.2, 0.25) is 5.02 Å². The van der Waals surface area contributed by atoms with Gasteiger partial charge in [-0.3, -0.25) is 4.79 Å². The van der Waals surface area contributed by atoms with Crippen LogP contribution < -0.4 is 5.43 Å². The summed E-state index contributed by atoms with van der Waals surface area (Å²) < 4.78 is 11.1. The van der Waals surface area contributed by atoms with Gasteiger partial charge in [0.2, 0.25) is 0 Å². The number of amides is 1. The van der Waals surface area contributed by atoms with Gasteiger partial charge in [0, 0.05) is 15.6 Å². The van der Waals surface area contributed by atoms with Crippen LogP contribution in [0.15, 0.2) is 68.6 Å². The van der Waals surface area contributed by atoms with Crippen molar-refractivity contribution in [2.45, 2.75) is 0 Å². The van der Waals surface area contributed by atoms with Crippen molar-refractivity contribution in [2.75, 3.05) is 7.11 Å². The van der Waals surface area contributed by atoms with Crippen LogP contribution in [0.1, 0.15) is 26.5 Å². The monoisotopic (exact) mass is 460 g/mol. The first-order valence-electron chi connectivity index (χ1n) is 8.05. The molecule has 1 heterocycles. The normalized spacial score (nSPS) is 10.8. The molecule has 0 spiro atoms. The van der Waals surface area contributed by atoms with Gasteiger partial charge in [0.25, 0.3) is 5.91 Å². The molecule has 1 amide bonds. The molecule has 0 atom stereocenters. The highest BCUT2D eigenvalue weighted by Crippen LogP contribution is 2.27. The summed E-state index contributed by atoms with van der Waals surface area (Å²) >= 11 is 9.44. The van der Waals surface area contributed by atoms with Gasteiger partial charge in [-0.05, 0) is 42.5 Å². The molecule has 0 aliphatic heterocycles. The molecule has 0 bridgehead atoms. The van der Waals surface area contributed by atoms with Gasteiger partial charge in [0.05, 0.1) is 23.9 Å². The number of nitrogens with zero attached hydrogens (tertiary/aromatic N) is 1. The van der Waals surface area contributed by atoms with Crippen molar-refractivity contribution in [3.05, 3.63) is 81.0 Å². The Balaban J connectivity index is 1.69. The van der Waals surface area contributed by atoms with E-state index in [0.29, 0.717) is 22.6 Å². The molecule has 0 unspecified atom stereocenters. The second-order valence-corrected chi connectivity index (χ2v) is 6.92. The first-order valence-corrected chi connectivity index (χ1v) is 9.22. The zero-order valence-electron chi connectivity index (χ0n) is 14.6. The number of nitrogens with one attached hydrogen (secondary N) is 1. The number of hydrogen-bond donors (Lipinski definition) is 1. The Morgan fingerprint density at radius 3 is 2.71 bits per heavy atom. The second kappa shape index (κ2) is 8.86. The van der Waals surface area contributed by atoms with E-state index >= 15 is 0 Å². The summed E-state index contributed by atoms with van der Waals surface area (Å²) in [6, 6.07) is 15.3. The molecule has 0 saturated carbocycles. The quantitative estimate of drug-likeness (QED) is 0.332. The maximum absolute atomic E-state index is 12.0. The third kappa shape index (κ3) is 4.68. The Kier molecular flexibility index (Phi) is 6.28. The molecule has 0 aliphatic rings. The highest BCUT2D eigenvalue weighted by molar-refractivity contribution is 9.10. The van der Waals surface area contributed by atoms with Crippen LogP contribution in [0.5, 0.6) is 0 Å². The molecule has 3 rings (SSSR count). The summed E-state index contributed by atoms with van der Waals surface area (Å²) in [5, 5.41) is 4.16. The molecular formula is C20H14BrClN2O4. The van der Waals surface area contributed by atoms with Crippen molar-refractivity contribution in [3.8, 4) is 11.3 Å². The van der Waals surface area contributed by atoms with E-state index in [4.69, 9.17) is 16.0 Å². The van der Waals surface area contributed by atoms with E-state index in [0.717, 1.165) is 4.47 Å². The van der Waals surface area contributed by atoms with E-state index in [1.54, 1.807) is 48.5 Å². The van der Waals surface area contributed by atoms with Gasteiger partial charge < -0.3 is 9.15 Å². The lowest BCUT2D eigenvalue weighted by Gasteiger charge is -2.04. The lowest BCUT2D eigenvalue weighted by atomic mass is 10.1. The van der Waals surface area contributed by atoms with Crippen molar-refractivity contribution in [1.82, 2.24) is 5.43 Å². The maximum Gasteiger partial charge on any atom is 0.339 e. The van der Waals surface area contributed by atoms with Crippen LogP contribution in [-0.2, 0) is 4.74 Å². The highest BCUT2D eigenvalue weighted by Gasteiger charge is 2.13. The Bertz CT molecular complexity index is 1060. The molecule has 8 heteroatoms. The van der Waals surface area contributed by atoms with Crippen molar-refractivity contribution in [1.29, 1.82) is 0 Å². The van der Waals surface area contributed by atoms with Crippen molar-refractivity contribution >= 4 is 45.6 Å². The van der Waals surface area contributed by atoms with E-state index in [1.165, 1.54) is 13.3 Å². The molecule has 0 aliphatic carbocycles. The molecule has 6 nitrogen and oxygen atoms in total. The molecule has 1 N–H and O–H groups in total. The number of ether oxygens (including phenoxy) is 1. The molecular weight excluding hydrogens is 448 g/mol. The summed E-state index contributed by atoms with van der Waals surface area (Å²) in [5.41, 5.74) is 3.88.